The van der Waals surface area contributed by atoms with Gasteiger partial charge in [0.15, 0.2) is 0 Å². The molecule has 1 heteroatoms. The normalized spacial score (nSPS) is 18.1. The van der Waals surface area contributed by atoms with E-state index in [0.29, 0.717) is 12.0 Å². The smallest absolute Gasteiger partial charge is 0.0352 e. The van der Waals surface area contributed by atoms with Gasteiger partial charge in [0.25, 0.3) is 0 Å². The van der Waals surface area contributed by atoms with Crippen LogP contribution in [0.3, 0.4) is 0 Å². The van der Waals surface area contributed by atoms with Crippen molar-refractivity contribution in [2.24, 2.45) is 5.92 Å². The zero-order chi connectivity index (χ0) is 12.5. The fourth-order valence-electron chi connectivity index (χ4n) is 2.88. The fourth-order valence-corrected chi connectivity index (χ4v) is 2.88. The van der Waals surface area contributed by atoms with E-state index in [4.69, 9.17) is 0 Å². The maximum absolute atomic E-state index is 3.69. The molecule has 1 heterocycles. The van der Waals surface area contributed by atoms with Crippen LogP contribution in [0.25, 0.3) is 11.1 Å². The van der Waals surface area contributed by atoms with Crippen LogP contribution in [0.4, 0.5) is 0 Å². The van der Waals surface area contributed by atoms with Crippen molar-refractivity contribution in [1.29, 1.82) is 0 Å². The van der Waals surface area contributed by atoms with Gasteiger partial charge in [-0.2, -0.15) is 0 Å². The molecule has 1 atom stereocenters. The lowest BCUT2D eigenvalue weighted by molar-refractivity contribution is 0.414. The van der Waals surface area contributed by atoms with Gasteiger partial charge < -0.3 is 5.32 Å². The third-order valence-corrected chi connectivity index (χ3v) is 3.78. The Hall–Kier alpha value is -1.60. The Morgan fingerprint density at radius 3 is 2.39 bits per heavy atom. The highest BCUT2D eigenvalue weighted by molar-refractivity contribution is 5.72. The van der Waals surface area contributed by atoms with Gasteiger partial charge in [0.05, 0.1) is 0 Å². The third kappa shape index (κ3) is 1.85. The molecule has 1 nitrogen and oxygen atoms in total. The Morgan fingerprint density at radius 2 is 1.61 bits per heavy atom. The molecule has 2 aromatic carbocycles. The summed E-state index contributed by atoms with van der Waals surface area (Å²) in [7, 11) is 0. The largest absolute Gasteiger partial charge is 0.306 e. The molecular weight excluding hydrogens is 218 g/mol. The van der Waals surface area contributed by atoms with Crippen molar-refractivity contribution >= 4 is 0 Å². The minimum atomic E-state index is 0.439. The van der Waals surface area contributed by atoms with E-state index in [2.05, 4.69) is 67.7 Å². The highest BCUT2D eigenvalue weighted by Gasteiger charge is 2.23. The first-order chi connectivity index (χ1) is 8.77. The summed E-state index contributed by atoms with van der Waals surface area (Å²) in [6.45, 7) is 5.52. The van der Waals surface area contributed by atoms with Crippen LogP contribution in [0, 0.1) is 5.92 Å². The lowest BCUT2D eigenvalue weighted by atomic mass is 9.90. The summed E-state index contributed by atoms with van der Waals surface area (Å²) < 4.78 is 0. The van der Waals surface area contributed by atoms with E-state index in [1.165, 1.54) is 22.3 Å². The minimum Gasteiger partial charge on any atom is -0.306 e. The van der Waals surface area contributed by atoms with Gasteiger partial charge >= 0.3 is 0 Å². The van der Waals surface area contributed by atoms with Gasteiger partial charge in [-0.05, 0) is 28.2 Å². The van der Waals surface area contributed by atoms with Crippen molar-refractivity contribution in [1.82, 2.24) is 5.32 Å². The zero-order valence-electron chi connectivity index (χ0n) is 11.0. The Bertz CT molecular complexity index is 557. The van der Waals surface area contributed by atoms with Gasteiger partial charge in [0, 0.05) is 12.6 Å². The monoisotopic (exact) mass is 237 g/mol. The quantitative estimate of drug-likeness (QED) is 0.785. The van der Waals surface area contributed by atoms with Crippen molar-refractivity contribution in [2.75, 3.05) is 0 Å². The second-order valence-corrected chi connectivity index (χ2v) is 5.35. The average molecular weight is 237 g/mol. The minimum absolute atomic E-state index is 0.439. The van der Waals surface area contributed by atoms with E-state index >= 15 is 0 Å². The average Bonchev–Trinajstić information content (AvgIpc) is 2.56. The fraction of sp³-hybridized carbons (Fsp3) is 0.294. The van der Waals surface area contributed by atoms with Crippen LogP contribution in [0.2, 0.25) is 0 Å². The molecule has 0 aliphatic carbocycles. The summed E-state index contributed by atoms with van der Waals surface area (Å²) in [4.78, 5) is 0. The van der Waals surface area contributed by atoms with Gasteiger partial charge in [-0.3, -0.25) is 0 Å². The molecular formula is C17H19N. The molecule has 1 N–H and O–H groups in total. The van der Waals surface area contributed by atoms with Crippen LogP contribution in [0.5, 0.6) is 0 Å². The number of hydrogen-bond acceptors (Lipinski definition) is 1. The molecule has 1 aliphatic heterocycles. The topological polar surface area (TPSA) is 12.0 Å². The molecule has 0 spiro atoms. The molecule has 0 amide bonds. The Balaban J connectivity index is 2.22. The Morgan fingerprint density at radius 1 is 0.944 bits per heavy atom. The molecule has 0 saturated heterocycles. The van der Waals surface area contributed by atoms with Crippen molar-refractivity contribution < 1.29 is 0 Å². The van der Waals surface area contributed by atoms with Gasteiger partial charge in [0.2, 0.25) is 0 Å². The summed E-state index contributed by atoms with van der Waals surface area (Å²) >= 11 is 0. The molecule has 0 aromatic heterocycles. The molecule has 0 saturated carbocycles. The summed E-state index contributed by atoms with van der Waals surface area (Å²) in [5, 5.41) is 3.69. The first-order valence-corrected chi connectivity index (χ1v) is 6.68. The molecule has 0 radical (unpaired) electrons. The number of nitrogens with one attached hydrogen (secondary N) is 1. The molecule has 0 bridgehead atoms. The summed E-state index contributed by atoms with van der Waals surface area (Å²) in [6, 6.07) is 17.9. The predicted molar refractivity (Wildman–Crippen MR) is 76.3 cm³/mol. The number of fused-ring (bicyclic) bond motifs is 3. The van der Waals surface area contributed by atoms with E-state index in [1.807, 2.05) is 0 Å². The lowest BCUT2D eigenvalue weighted by Gasteiger charge is -2.22. The van der Waals surface area contributed by atoms with Gasteiger partial charge in [0.1, 0.15) is 0 Å². The second kappa shape index (κ2) is 4.58. The summed E-state index contributed by atoms with van der Waals surface area (Å²) in [5.74, 6) is 0.598. The summed E-state index contributed by atoms with van der Waals surface area (Å²) in [6.07, 6.45) is 0. The van der Waals surface area contributed by atoms with Crippen LogP contribution >= 0.6 is 0 Å². The zero-order valence-corrected chi connectivity index (χ0v) is 11.0. The molecule has 0 fully saturated rings. The van der Waals surface area contributed by atoms with Crippen LogP contribution in [-0.2, 0) is 6.54 Å². The van der Waals surface area contributed by atoms with E-state index < -0.39 is 0 Å². The van der Waals surface area contributed by atoms with E-state index in [0.717, 1.165) is 6.54 Å². The third-order valence-electron chi connectivity index (χ3n) is 3.78. The predicted octanol–water partition coefficient (Wildman–Crippen LogP) is 4.15. The number of hydrogen-bond donors (Lipinski definition) is 1. The van der Waals surface area contributed by atoms with E-state index in [1.54, 1.807) is 0 Å². The van der Waals surface area contributed by atoms with Gasteiger partial charge in [-0.25, -0.2) is 0 Å². The van der Waals surface area contributed by atoms with Crippen LogP contribution in [0.15, 0.2) is 48.5 Å². The van der Waals surface area contributed by atoms with Crippen LogP contribution in [0.1, 0.15) is 31.0 Å². The Kier molecular flexibility index (Phi) is 2.92. The highest BCUT2D eigenvalue weighted by atomic mass is 14.9. The standard InChI is InChI=1S/C17H19N/c1-12(2)17-16-10-6-5-9-15(16)14-8-4-3-7-13(14)11-18-17/h3-10,12,17-18H,11H2,1-2H3. The van der Waals surface area contributed by atoms with Gasteiger partial charge in [-0.1, -0.05) is 62.4 Å². The maximum atomic E-state index is 3.69. The molecule has 1 aliphatic rings. The molecule has 18 heavy (non-hydrogen) atoms. The molecule has 1 unspecified atom stereocenters. The van der Waals surface area contributed by atoms with Crippen LogP contribution in [-0.4, -0.2) is 0 Å². The number of rotatable bonds is 1. The van der Waals surface area contributed by atoms with Crippen molar-refractivity contribution in [2.45, 2.75) is 26.4 Å². The SMILES string of the molecule is CC(C)C1NCc2ccccc2-c2ccccc21. The number of benzene rings is 2. The molecule has 92 valence electrons. The lowest BCUT2D eigenvalue weighted by Crippen LogP contribution is -2.24. The highest BCUT2D eigenvalue weighted by Crippen LogP contribution is 2.36. The first-order valence-electron chi connectivity index (χ1n) is 6.68. The van der Waals surface area contributed by atoms with Gasteiger partial charge in [-0.15, -0.1) is 0 Å². The van der Waals surface area contributed by atoms with E-state index in [-0.39, 0.29) is 0 Å². The van der Waals surface area contributed by atoms with Crippen molar-refractivity contribution in [3.63, 3.8) is 0 Å². The Labute approximate surface area is 109 Å². The summed E-state index contributed by atoms with van der Waals surface area (Å²) in [5.41, 5.74) is 5.59. The van der Waals surface area contributed by atoms with E-state index in [9.17, 15) is 0 Å². The van der Waals surface area contributed by atoms with Crippen LogP contribution < -0.4 is 5.32 Å². The molecule has 3 rings (SSSR count). The first kappa shape index (κ1) is 11.5. The maximum Gasteiger partial charge on any atom is 0.0352 e. The van der Waals surface area contributed by atoms with Crippen molar-refractivity contribution in [3.8, 4) is 11.1 Å². The van der Waals surface area contributed by atoms with Crippen molar-refractivity contribution in [3.05, 3.63) is 59.7 Å². The second-order valence-electron chi connectivity index (χ2n) is 5.35. The molecule has 2 aromatic rings.